The van der Waals surface area contributed by atoms with Gasteiger partial charge >= 0.3 is 0 Å². The Labute approximate surface area is 318 Å². The highest BCUT2D eigenvalue weighted by Gasteiger charge is 2.44. The molecule has 1 amide bonds. The molecule has 0 aromatic rings. The number of carbonyl (C=O) groups is 1. The molecule has 0 aliphatic carbocycles. The van der Waals surface area contributed by atoms with Crippen LogP contribution in [-0.4, -0.2) is 87.5 Å². The molecule has 1 rings (SSSR count). The first-order valence-corrected chi connectivity index (χ1v) is 21.9. The summed E-state index contributed by atoms with van der Waals surface area (Å²) in [7, 11) is 0. The lowest BCUT2D eigenvalue weighted by molar-refractivity contribution is -0.302. The van der Waals surface area contributed by atoms with E-state index in [0.717, 1.165) is 51.4 Å². The van der Waals surface area contributed by atoms with Crippen molar-refractivity contribution in [3.8, 4) is 0 Å². The van der Waals surface area contributed by atoms with Gasteiger partial charge in [0.05, 0.1) is 25.4 Å². The van der Waals surface area contributed by atoms with Gasteiger partial charge in [-0.1, -0.05) is 167 Å². The van der Waals surface area contributed by atoms with Crippen LogP contribution in [0.5, 0.6) is 0 Å². The second-order valence-corrected chi connectivity index (χ2v) is 15.5. The van der Waals surface area contributed by atoms with Crippen LogP contribution in [0.1, 0.15) is 200 Å². The number of amides is 1. The Morgan fingerprint density at radius 2 is 1.08 bits per heavy atom. The summed E-state index contributed by atoms with van der Waals surface area (Å²) in [5.74, 6) is -0.153. The van der Waals surface area contributed by atoms with Gasteiger partial charge in [0.1, 0.15) is 24.4 Å². The number of carbonyl (C=O) groups excluding carboxylic acids is 1. The minimum absolute atomic E-state index is 0.138. The Morgan fingerprint density at radius 1 is 0.635 bits per heavy atom. The van der Waals surface area contributed by atoms with Crippen molar-refractivity contribution in [2.24, 2.45) is 0 Å². The maximum atomic E-state index is 12.9. The molecule has 0 spiro atoms. The Kier molecular flexibility index (Phi) is 32.4. The molecular weight excluding hydrogens is 658 g/mol. The van der Waals surface area contributed by atoms with Gasteiger partial charge in [-0.2, -0.15) is 0 Å². The smallest absolute Gasteiger partial charge is 0.220 e. The molecule has 0 aromatic carbocycles. The predicted octanol–water partition coefficient (Wildman–Crippen LogP) is 8.56. The van der Waals surface area contributed by atoms with Crippen molar-refractivity contribution >= 4 is 5.91 Å². The molecule has 1 aliphatic rings. The van der Waals surface area contributed by atoms with Gasteiger partial charge in [-0.05, 0) is 38.5 Å². The van der Waals surface area contributed by atoms with E-state index in [1.54, 1.807) is 0 Å². The molecule has 6 N–H and O–H groups in total. The lowest BCUT2D eigenvalue weighted by atomic mass is 9.99. The molecule has 308 valence electrons. The summed E-state index contributed by atoms with van der Waals surface area (Å²) >= 11 is 0. The van der Waals surface area contributed by atoms with Gasteiger partial charge in [0.15, 0.2) is 6.29 Å². The molecule has 9 heteroatoms. The molecular formula is C43H83NO8. The van der Waals surface area contributed by atoms with Crippen LogP contribution in [-0.2, 0) is 14.3 Å². The molecule has 2 unspecified atom stereocenters. The molecule has 0 aromatic heterocycles. The van der Waals surface area contributed by atoms with Crippen LogP contribution in [0, 0.1) is 0 Å². The van der Waals surface area contributed by atoms with Crippen LogP contribution in [0.3, 0.4) is 0 Å². The van der Waals surface area contributed by atoms with Crippen LogP contribution < -0.4 is 5.32 Å². The van der Waals surface area contributed by atoms with Crippen LogP contribution in [0.2, 0.25) is 0 Å². The molecule has 1 aliphatic heterocycles. The molecule has 1 heterocycles. The molecule has 0 bridgehead atoms. The number of ether oxygens (including phenoxy) is 2. The summed E-state index contributed by atoms with van der Waals surface area (Å²) < 4.78 is 11.2. The molecule has 1 fully saturated rings. The van der Waals surface area contributed by atoms with Crippen molar-refractivity contribution in [2.45, 2.75) is 243 Å². The molecule has 9 nitrogen and oxygen atoms in total. The Bertz CT molecular complexity index is 827. The summed E-state index contributed by atoms with van der Waals surface area (Å²) in [4.78, 5) is 12.9. The Balaban J connectivity index is 2.36. The van der Waals surface area contributed by atoms with E-state index < -0.39 is 49.5 Å². The highest BCUT2D eigenvalue weighted by Crippen LogP contribution is 2.23. The number of nitrogens with one attached hydrogen (secondary N) is 1. The fourth-order valence-corrected chi connectivity index (χ4v) is 7.04. The van der Waals surface area contributed by atoms with Crippen LogP contribution in [0.15, 0.2) is 12.2 Å². The van der Waals surface area contributed by atoms with Gasteiger partial charge in [-0.25, -0.2) is 0 Å². The van der Waals surface area contributed by atoms with E-state index in [9.17, 15) is 30.3 Å². The van der Waals surface area contributed by atoms with Gasteiger partial charge in [0.2, 0.25) is 5.91 Å². The number of aliphatic hydroxyl groups excluding tert-OH is 5. The number of rotatable bonds is 36. The quantitative estimate of drug-likeness (QED) is 0.0277. The standard InChI is InChI=1S/C43H83NO8/c1-3-5-7-9-11-13-15-17-19-20-22-24-26-28-30-32-37(46)36(35-51-43-42(50)41(49)40(48)38(34-45)52-43)44-39(47)33-31-29-27-25-23-21-18-16-14-12-10-8-6-4-2/h16,18,36-38,40-43,45-46,48-50H,3-15,17,19-35H2,1-2H3,(H,44,47)/b18-16+/t36-,37+,38+,40+,41?,42?,43+/m0/s1. The van der Waals surface area contributed by atoms with Crippen LogP contribution in [0.25, 0.3) is 0 Å². The fourth-order valence-electron chi connectivity index (χ4n) is 7.04. The van der Waals surface area contributed by atoms with Crippen molar-refractivity contribution in [3.63, 3.8) is 0 Å². The number of hydrogen-bond donors (Lipinski definition) is 6. The summed E-state index contributed by atoms with van der Waals surface area (Å²) in [5.41, 5.74) is 0. The molecule has 1 saturated heterocycles. The Hall–Kier alpha value is -1.07. The average molecular weight is 742 g/mol. The monoisotopic (exact) mass is 742 g/mol. The van der Waals surface area contributed by atoms with Gasteiger partial charge in [-0.3, -0.25) is 4.79 Å². The van der Waals surface area contributed by atoms with Crippen molar-refractivity contribution in [3.05, 3.63) is 12.2 Å². The number of allylic oxidation sites excluding steroid dienone is 2. The minimum atomic E-state index is -1.55. The molecule has 52 heavy (non-hydrogen) atoms. The first kappa shape index (κ1) is 48.9. The van der Waals surface area contributed by atoms with Crippen molar-refractivity contribution < 1.29 is 39.8 Å². The predicted molar refractivity (Wildman–Crippen MR) is 212 cm³/mol. The zero-order chi connectivity index (χ0) is 38.1. The zero-order valence-corrected chi connectivity index (χ0v) is 33.6. The summed E-state index contributed by atoms with van der Waals surface area (Å²) in [5, 5.41) is 54.2. The van der Waals surface area contributed by atoms with E-state index in [0.29, 0.717) is 12.8 Å². The fraction of sp³-hybridized carbons (Fsp3) is 0.930. The summed E-state index contributed by atoms with van der Waals surface area (Å²) in [6, 6.07) is -0.718. The largest absolute Gasteiger partial charge is 0.394 e. The highest BCUT2D eigenvalue weighted by molar-refractivity contribution is 5.76. The maximum Gasteiger partial charge on any atom is 0.220 e. The van der Waals surface area contributed by atoms with Crippen molar-refractivity contribution in [1.82, 2.24) is 5.32 Å². The third kappa shape index (κ3) is 25.1. The molecule has 0 saturated carbocycles. The van der Waals surface area contributed by atoms with Crippen LogP contribution >= 0.6 is 0 Å². The van der Waals surface area contributed by atoms with Crippen LogP contribution in [0.4, 0.5) is 0 Å². The third-order valence-electron chi connectivity index (χ3n) is 10.6. The minimum Gasteiger partial charge on any atom is -0.394 e. The number of hydrogen-bond acceptors (Lipinski definition) is 8. The van der Waals surface area contributed by atoms with Gasteiger partial charge in [-0.15, -0.1) is 0 Å². The van der Waals surface area contributed by atoms with Gasteiger partial charge in [0, 0.05) is 6.42 Å². The molecule has 7 atom stereocenters. The van der Waals surface area contributed by atoms with Crippen molar-refractivity contribution in [1.29, 1.82) is 0 Å². The highest BCUT2D eigenvalue weighted by atomic mass is 16.7. The lowest BCUT2D eigenvalue weighted by Crippen LogP contribution is -2.60. The van der Waals surface area contributed by atoms with Gasteiger partial charge < -0.3 is 40.3 Å². The van der Waals surface area contributed by atoms with E-state index in [2.05, 4.69) is 31.3 Å². The normalized spacial score (nSPS) is 21.9. The Morgan fingerprint density at radius 3 is 1.56 bits per heavy atom. The number of aliphatic hydroxyl groups is 5. The third-order valence-corrected chi connectivity index (χ3v) is 10.6. The lowest BCUT2D eigenvalue weighted by Gasteiger charge is -2.40. The average Bonchev–Trinajstić information content (AvgIpc) is 3.14. The van der Waals surface area contributed by atoms with E-state index in [1.165, 1.54) is 122 Å². The zero-order valence-electron chi connectivity index (χ0n) is 33.6. The summed E-state index contributed by atoms with van der Waals surface area (Å²) in [6.45, 7) is 3.81. The topological polar surface area (TPSA) is 149 Å². The van der Waals surface area contributed by atoms with Crippen molar-refractivity contribution in [2.75, 3.05) is 13.2 Å². The SMILES string of the molecule is CCCCCCC/C=C/CCCCCCCC(=O)N[C@@H](CO[C@@H]1O[C@H](CO)[C@@H](O)C(O)C1O)[C@H](O)CCCCCCCCCCCCCCCCC. The maximum absolute atomic E-state index is 12.9. The molecule has 0 radical (unpaired) electrons. The van der Waals surface area contributed by atoms with E-state index in [-0.39, 0.29) is 12.5 Å². The summed E-state index contributed by atoms with van der Waals surface area (Å²) in [6.07, 6.45) is 30.7. The van der Waals surface area contributed by atoms with E-state index in [4.69, 9.17) is 9.47 Å². The second kappa shape index (κ2) is 34.4. The first-order chi connectivity index (χ1) is 25.3. The van der Waals surface area contributed by atoms with E-state index in [1.807, 2.05) is 0 Å². The first-order valence-electron chi connectivity index (χ1n) is 21.9. The van der Waals surface area contributed by atoms with Gasteiger partial charge in [0.25, 0.3) is 0 Å². The number of unbranched alkanes of at least 4 members (excludes halogenated alkanes) is 24. The van der Waals surface area contributed by atoms with E-state index >= 15 is 0 Å². The second-order valence-electron chi connectivity index (χ2n) is 15.5.